The first-order chi connectivity index (χ1) is 14.8. The van der Waals surface area contributed by atoms with Crippen molar-refractivity contribution < 1.29 is 13.2 Å². The molecule has 7 nitrogen and oxygen atoms in total. The number of rotatable bonds is 4. The third-order valence-electron chi connectivity index (χ3n) is 5.21. The number of nitrogens with zero attached hydrogens (tertiary/aromatic N) is 3. The van der Waals surface area contributed by atoms with Crippen molar-refractivity contribution in [1.82, 2.24) is 14.2 Å². The highest BCUT2D eigenvalue weighted by Gasteiger charge is 2.34. The van der Waals surface area contributed by atoms with Gasteiger partial charge in [0.2, 0.25) is 5.91 Å². The first-order valence-electron chi connectivity index (χ1n) is 9.41. The van der Waals surface area contributed by atoms with Gasteiger partial charge in [-0.2, -0.15) is 4.31 Å². The molecule has 160 valence electrons. The molecular weight excluding hydrogens is 476 g/mol. The molecule has 1 fully saturated rings. The largest absolute Gasteiger partial charge is 0.383 e. The summed E-state index contributed by atoms with van der Waals surface area (Å²) in [7, 11) is -3.75. The smallest absolute Gasteiger partial charge is 0.253 e. The normalized spacial score (nSPS) is 15.9. The van der Waals surface area contributed by atoms with Crippen molar-refractivity contribution in [2.45, 2.75) is 10.8 Å². The zero-order chi connectivity index (χ0) is 21.8. The number of carbonyl (C=O) groups is 1. The molecule has 1 aromatic carbocycles. The standard InChI is InChI=1S/C20H17ClN4O3S3/c21-13-2-1-12-7-19(30-17(12)8-13)31(27,28)25-6-5-24(18(26)11-25)10-14-9-15-16(29-14)3-4-23-20(15)22/h1-4,7-9H,5-6,10-11H2,(H2,22,23). The Labute approximate surface area is 191 Å². The average Bonchev–Trinajstić information content (AvgIpc) is 3.34. The van der Waals surface area contributed by atoms with Crippen molar-refractivity contribution in [3.63, 3.8) is 0 Å². The highest BCUT2D eigenvalue weighted by atomic mass is 35.5. The number of hydrogen-bond donors (Lipinski definition) is 1. The third kappa shape index (κ3) is 3.79. The maximum absolute atomic E-state index is 13.1. The number of carbonyl (C=O) groups excluding carboxylic acids is 1. The van der Waals surface area contributed by atoms with Crippen LogP contribution in [-0.2, 0) is 21.4 Å². The van der Waals surface area contributed by atoms with E-state index in [1.54, 1.807) is 46.7 Å². The average molecular weight is 493 g/mol. The molecule has 2 N–H and O–H groups in total. The van der Waals surface area contributed by atoms with E-state index in [1.807, 2.05) is 12.1 Å². The van der Waals surface area contributed by atoms with Crippen molar-refractivity contribution in [3.8, 4) is 0 Å². The summed E-state index contributed by atoms with van der Waals surface area (Å²) in [6.45, 7) is 0.827. The molecule has 0 aliphatic carbocycles. The second kappa shape index (κ2) is 7.72. The van der Waals surface area contributed by atoms with Crippen LogP contribution in [0.25, 0.3) is 20.2 Å². The molecule has 0 radical (unpaired) electrons. The van der Waals surface area contributed by atoms with E-state index >= 15 is 0 Å². The van der Waals surface area contributed by atoms with Gasteiger partial charge in [0.05, 0.1) is 13.1 Å². The third-order valence-corrected chi connectivity index (χ3v) is 9.92. The molecule has 0 saturated carbocycles. The Morgan fingerprint density at radius 1 is 1.10 bits per heavy atom. The number of halogens is 1. The number of pyridine rings is 1. The van der Waals surface area contributed by atoms with E-state index in [2.05, 4.69) is 4.98 Å². The molecule has 5 rings (SSSR count). The molecule has 1 saturated heterocycles. The van der Waals surface area contributed by atoms with Crippen LogP contribution in [0, 0.1) is 0 Å². The van der Waals surface area contributed by atoms with E-state index in [0.717, 1.165) is 25.0 Å². The van der Waals surface area contributed by atoms with Gasteiger partial charge < -0.3 is 10.6 Å². The minimum atomic E-state index is -3.75. The minimum absolute atomic E-state index is 0.175. The molecule has 11 heteroatoms. The first kappa shape index (κ1) is 20.7. The van der Waals surface area contributed by atoms with Gasteiger partial charge in [-0.05, 0) is 35.7 Å². The van der Waals surface area contributed by atoms with Crippen molar-refractivity contribution in [3.05, 3.63) is 52.5 Å². The highest BCUT2D eigenvalue weighted by Crippen LogP contribution is 2.34. The zero-order valence-electron chi connectivity index (χ0n) is 16.1. The van der Waals surface area contributed by atoms with Crippen LogP contribution in [0.1, 0.15) is 4.88 Å². The fourth-order valence-corrected chi connectivity index (χ4v) is 7.89. The van der Waals surface area contributed by atoms with Gasteiger partial charge in [-0.25, -0.2) is 13.4 Å². The summed E-state index contributed by atoms with van der Waals surface area (Å²) >= 11 is 8.74. The van der Waals surface area contributed by atoms with Gasteiger partial charge in [0.15, 0.2) is 0 Å². The lowest BCUT2D eigenvalue weighted by Crippen LogP contribution is -2.51. The molecule has 31 heavy (non-hydrogen) atoms. The van der Waals surface area contributed by atoms with Gasteiger partial charge in [0, 0.05) is 44.0 Å². The van der Waals surface area contributed by atoms with E-state index in [0.29, 0.717) is 23.9 Å². The van der Waals surface area contributed by atoms with Crippen LogP contribution in [0.2, 0.25) is 5.02 Å². The molecule has 3 aromatic heterocycles. The van der Waals surface area contributed by atoms with Crippen molar-refractivity contribution in [2.75, 3.05) is 25.4 Å². The fraction of sp³-hybridized carbons (Fsp3) is 0.200. The number of nitrogen functional groups attached to an aromatic ring is 1. The zero-order valence-corrected chi connectivity index (χ0v) is 19.3. The van der Waals surface area contributed by atoms with Crippen LogP contribution in [0.15, 0.2) is 46.8 Å². The summed E-state index contributed by atoms with van der Waals surface area (Å²) in [4.78, 5) is 19.5. The number of sulfonamides is 1. The van der Waals surface area contributed by atoms with Gasteiger partial charge in [-0.3, -0.25) is 4.79 Å². The lowest BCUT2D eigenvalue weighted by Gasteiger charge is -2.33. The van der Waals surface area contributed by atoms with Crippen molar-refractivity contribution in [1.29, 1.82) is 0 Å². The maximum Gasteiger partial charge on any atom is 0.253 e. The molecule has 1 amide bonds. The number of amides is 1. The quantitative estimate of drug-likeness (QED) is 0.467. The van der Waals surface area contributed by atoms with Crippen LogP contribution in [0.5, 0.6) is 0 Å². The van der Waals surface area contributed by atoms with E-state index < -0.39 is 10.0 Å². The number of anilines is 1. The maximum atomic E-state index is 13.1. The lowest BCUT2D eigenvalue weighted by molar-refractivity contribution is -0.134. The molecule has 4 heterocycles. The number of thiophene rings is 2. The highest BCUT2D eigenvalue weighted by molar-refractivity contribution is 7.91. The van der Waals surface area contributed by atoms with Crippen LogP contribution >= 0.6 is 34.3 Å². The Kier molecular flexibility index (Phi) is 5.14. The molecule has 0 atom stereocenters. The molecule has 4 aromatic rings. The Morgan fingerprint density at radius 2 is 1.94 bits per heavy atom. The summed E-state index contributed by atoms with van der Waals surface area (Å²) in [5.74, 6) is 0.245. The number of nitrogens with two attached hydrogens (primary N) is 1. The molecule has 1 aliphatic rings. The predicted molar refractivity (Wildman–Crippen MR) is 125 cm³/mol. The monoisotopic (exact) mass is 492 g/mol. The molecule has 0 bridgehead atoms. The topological polar surface area (TPSA) is 96.6 Å². The lowest BCUT2D eigenvalue weighted by atomic mass is 10.2. The Balaban J connectivity index is 1.33. The van der Waals surface area contributed by atoms with E-state index in [4.69, 9.17) is 17.3 Å². The van der Waals surface area contributed by atoms with E-state index in [9.17, 15) is 13.2 Å². The van der Waals surface area contributed by atoms with Crippen molar-refractivity contribution >= 4 is 76.2 Å². The van der Waals surface area contributed by atoms with Gasteiger partial charge in [0.1, 0.15) is 10.0 Å². The summed E-state index contributed by atoms with van der Waals surface area (Å²) in [6.07, 6.45) is 1.66. The van der Waals surface area contributed by atoms with Gasteiger partial charge in [-0.15, -0.1) is 22.7 Å². The van der Waals surface area contributed by atoms with Crippen LogP contribution < -0.4 is 5.73 Å². The number of fused-ring (bicyclic) bond motifs is 2. The van der Waals surface area contributed by atoms with Gasteiger partial charge in [-0.1, -0.05) is 17.7 Å². The first-order valence-corrected chi connectivity index (χ1v) is 12.9. The number of aromatic nitrogens is 1. The number of benzene rings is 1. The van der Waals surface area contributed by atoms with Crippen molar-refractivity contribution in [2.24, 2.45) is 0 Å². The minimum Gasteiger partial charge on any atom is -0.383 e. The van der Waals surface area contributed by atoms with Crippen LogP contribution in [0.4, 0.5) is 5.82 Å². The van der Waals surface area contributed by atoms with Crippen LogP contribution in [-0.4, -0.2) is 48.1 Å². The van der Waals surface area contributed by atoms with E-state index in [-0.39, 0.29) is 23.2 Å². The number of hydrogen-bond acceptors (Lipinski definition) is 7. The SMILES string of the molecule is Nc1nccc2sc(CN3CCN(S(=O)(=O)c4cc5ccc(Cl)cc5s4)CC3=O)cc12. The molecular formula is C20H17ClN4O3S3. The number of piperazine rings is 1. The second-order valence-electron chi connectivity index (χ2n) is 7.22. The molecule has 1 aliphatic heterocycles. The molecule has 0 spiro atoms. The summed E-state index contributed by atoms with van der Waals surface area (Å²) in [6, 6.07) is 10.7. The fourth-order valence-electron chi connectivity index (χ4n) is 3.60. The Hall–Kier alpha value is -2.24. The van der Waals surface area contributed by atoms with Crippen LogP contribution in [0.3, 0.4) is 0 Å². The summed E-state index contributed by atoms with van der Waals surface area (Å²) < 4.78 is 29.5. The van der Waals surface area contributed by atoms with Gasteiger partial charge >= 0.3 is 0 Å². The molecule has 0 unspecified atom stereocenters. The van der Waals surface area contributed by atoms with E-state index in [1.165, 1.54) is 15.6 Å². The Bertz CT molecular complexity index is 1430. The predicted octanol–water partition coefficient (Wildman–Crippen LogP) is 3.78. The summed E-state index contributed by atoms with van der Waals surface area (Å²) in [5, 5.41) is 2.25. The second-order valence-corrected chi connectivity index (χ2v) is 12.1. The summed E-state index contributed by atoms with van der Waals surface area (Å²) in [5.41, 5.74) is 5.92. The van der Waals surface area contributed by atoms with Gasteiger partial charge in [0.25, 0.3) is 10.0 Å². The Morgan fingerprint density at radius 3 is 2.71 bits per heavy atom.